The molecule has 0 saturated heterocycles. The predicted octanol–water partition coefficient (Wildman–Crippen LogP) is 0.911. The standard InChI is InChI=1S/C4H5NO2S2/c5-3-1-2-4(8-3)9(6)7/h1-2H,5H2,(H,6,7). The van der Waals surface area contributed by atoms with Gasteiger partial charge in [-0.2, -0.15) is 0 Å². The second kappa shape index (κ2) is 2.47. The highest BCUT2D eigenvalue weighted by Crippen LogP contribution is 2.20. The fourth-order valence-electron chi connectivity index (χ4n) is 0.428. The zero-order chi connectivity index (χ0) is 6.85. The van der Waals surface area contributed by atoms with Gasteiger partial charge in [-0.25, -0.2) is 4.21 Å². The summed E-state index contributed by atoms with van der Waals surface area (Å²) in [5.74, 6) is 0. The Hall–Kier alpha value is -0.390. The summed E-state index contributed by atoms with van der Waals surface area (Å²) in [6.45, 7) is 0. The van der Waals surface area contributed by atoms with Crippen LogP contribution in [0.25, 0.3) is 0 Å². The minimum absolute atomic E-state index is 0.396. The summed E-state index contributed by atoms with van der Waals surface area (Å²) < 4.78 is 19.1. The largest absolute Gasteiger partial charge is 0.391 e. The molecule has 1 unspecified atom stereocenters. The van der Waals surface area contributed by atoms with E-state index in [4.69, 9.17) is 10.3 Å². The number of anilines is 1. The van der Waals surface area contributed by atoms with Gasteiger partial charge in [-0.15, -0.1) is 11.3 Å². The van der Waals surface area contributed by atoms with E-state index in [0.29, 0.717) is 9.21 Å². The molecule has 0 radical (unpaired) electrons. The average Bonchev–Trinajstić information content (AvgIpc) is 2.14. The van der Waals surface area contributed by atoms with Crippen LogP contribution in [0.5, 0.6) is 0 Å². The van der Waals surface area contributed by atoms with Gasteiger partial charge in [0.1, 0.15) is 4.21 Å². The van der Waals surface area contributed by atoms with Gasteiger partial charge in [0.15, 0.2) is 11.1 Å². The van der Waals surface area contributed by atoms with E-state index in [1.54, 1.807) is 6.07 Å². The Morgan fingerprint density at radius 1 is 1.67 bits per heavy atom. The van der Waals surface area contributed by atoms with Crippen LogP contribution in [0.2, 0.25) is 0 Å². The van der Waals surface area contributed by atoms with Crippen LogP contribution in [0.4, 0.5) is 5.00 Å². The van der Waals surface area contributed by atoms with Crippen molar-refractivity contribution in [1.82, 2.24) is 0 Å². The molecule has 1 aromatic heterocycles. The van der Waals surface area contributed by atoms with Crippen LogP contribution < -0.4 is 5.73 Å². The maximum atomic E-state index is 10.3. The van der Waals surface area contributed by atoms with E-state index < -0.39 is 11.1 Å². The zero-order valence-electron chi connectivity index (χ0n) is 4.40. The van der Waals surface area contributed by atoms with Crippen molar-refractivity contribution in [3.63, 3.8) is 0 Å². The summed E-state index contributed by atoms with van der Waals surface area (Å²) in [5.41, 5.74) is 5.29. The first-order valence-electron chi connectivity index (χ1n) is 2.16. The molecule has 0 aliphatic rings. The lowest BCUT2D eigenvalue weighted by Gasteiger charge is -1.81. The molecule has 0 bridgehead atoms. The van der Waals surface area contributed by atoms with Crippen molar-refractivity contribution >= 4 is 27.4 Å². The minimum Gasteiger partial charge on any atom is -0.391 e. The first-order chi connectivity index (χ1) is 4.20. The lowest BCUT2D eigenvalue weighted by molar-refractivity contribution is 0.566. The summed E-state index contributed by atoms with van der Waals surface area (Å²) in [5, 5.41) is 0.562. The van der Waals surface area contributed by atoms with Gasteiger partial charge in [0.2, 0.25) is 0 Å². The topological polar surface area (TPSA) is 63.3 Å². The van der Waals surface area contributed by atoms with Crippen LogP contribution in [0.15, 0.2) is 16.3 Å². The van der Waals surface area contributed by atoms with Gasteiger partial charge in [0.25, 0.3) is 0 Å². The molecule has 9 heavy (non-hydrogen) atoms. The van der Waals surface area contributed by atoms with Crippen LogP contribution in [0, 0.1) is 0 Å². The summed E-state index contributed by atoms with van der Waals surface area (Å²) in [4.78, 5) is 0. The summed E-state index contributed by atoms with van der Waals surface area (Å²) >= 11 is -0.746. The van der Waals surface area contributed by atoms with Crippen molar-refractivity contribution in [3.8, 4) is 0 Å². The molecule has 50 valence electrons. The summed E-state index contributed by atoms with van der Waals surface area (Å²) in [6, 6.07) is 3.14. The second-order valence-electron chi connectivity index (χ2n) is 1.41. The molecule has 5 heteroatoms. The van der Waals surface area contributed by atoms with E-state index in [2.05, 4.69) is 0 Å². The summed E-state index contributed by atoms with van der Waals surface area (Å²) in [7, 11) is 0. The third-order valence-corrected chi connectivity index (χ3v) is 2.64. The Labute approximate surface area is 58.8 Å². The molecular formula is C4H5NO2S2. The van der Waals surface area contributed by atoms with Gasteiger partial charge in [-0.3, -0.25) is 0 Å². The normalized spacial score (nSPS) is 13.4. The van der Waals surface area contributed by atoms with Crippen LogP contribution >= 0.6 is 11.3 Å². The minimum atomic E-state index is -1.87. The molecule has 0 aliphatic carbocycles. The van der Waals surface area contributed by atoms with Crippen LogP contribution in [-0.2, 0) is 11.1 Å². The molecule has 1 aromatic rings. The first-order valence-corrected chi connectivity index (χ1v) is 4.08. The molecule has 3 N–H and O–H groups in total. The predicted molar refractivity (Wildman–Crippen MR) is 37.8 cm³/mol. The van der Waals surface area contributed by atoms with Crippen molar-refractivity contribution in [1.29, 1.82) is 0 Å². The van der Waals surface area contributed by atoms with Crippen molar-refractivity contribution in [3.05, 3.63) is 12.1 Å². The van der Waals surface area contributed by atoms with Gasteiger partial charge in [0.05, 0.1) is 5.00 Å². The van der Waals surface area contributed by atoms with Crippen molar-refractivity contribution in [2.45, 2.75) is 4.21 Å². The van der Waals surface area contributed by atoms with E-state index in [9.17, 15) is 4.21 Å². The number of hydrogen-bond acceptors (Lipinski definition) is 3. The molecule has 0 aliphatic heterocycles. The SMILES string of the molecule is Nc1ccc(S(=O)O)s1. The second-order valence-corrected chi connectivity index (χ2v) is 3.72. The highest BCUT2D eigenvalue weighted by Gasteiger charge is 2.00. The number of nitrogen functional groups attached to an aromatic ring is 1. The van der Waals surface area contributed by atoms with Crippen molar-refractivity contribution in [2.75, 3.05) is 5.73 Å². The van der Waals surface area contributed by atoms with Crippen LogP contribution in [0.3, 0.4) is 0 Å². The van der Waals surface area contributed by atoms with E-state index in [-0.39, 0.29) is 0 Å². The number of nitrogens with two attached hydrogens (primary N) is 1. The highest BCUT2D eigenvalue weighted by molar-refractivity contribution is 7.82. The molecule has 1 rings (SSSR count). The zero-order valence-corrected chi connectivity index (χ0v) is 6.04. The molecule has 0 saturated carbocycles. The third kappa shape index (κ3) is 1.51. The molecule has 0 spiro atoms. The van der Waals surface area contributed by atoms with E-state index in [1.165, 1.54) is 6.07 Å². The molecule has 0 amide bonds. The first kappa shape index (κ1) is 6.73. The molecule has 0 fully saturated rings. The van der Waals surface area contributed by atoms with E-state index in [1.807, 2.05) is 0 Å². The number of thiophene rings is 1. The van der Waals surface area contributed by atoms with Crippen molar-refractivity contribution < 1.29 is 8.76 Å². The van der Waals surface area contributed by atoms with Gasteiger partial charge >= 0.3 is 0 Å². The third-order valence-electron chi connectivity index (χ3n) is 0.774. The number of rotatable bonds is 1. The Bertz CT molecular complexity index is 232. The van der Waals surface area contributed by atoms with E-state index >= 15 is 0 Å². The quantitative estimate of drug-likeness (QED) is 0.605. The van der Waals surface area contributed by atoms with Crippen LogP contribution in [0.1, 0.15) is 0 Å². The highest BCUT2D eigenvalue weighted by atomic mass is 32.2. The van der Waals surface area contributed by atoms with Crippen molar-refractivity contribution in [2.24, 2.45) is 0 Å². The summed E-state index contributed by atoms with van der Waals surface area (Å²) in [6.07, 6.45) is 0. The van der Waals surface area contributed by atoms with Gasteiger partial charge in [-0.05, 0) is 12.1 Å². The maximum absolute atomic E-state index is 10.3. The van der Waals surface area contributed by atoms with Crippen LogP contribution in [-0.4, -0.2) is 8.76 Å². The average molecular weight is 163 g/mol. The van der Waals surface area contributed by atoms with E-state index in [0.717, 1.165) is 11.3 Å². The van der Waals surface area contributed by atoms with Gasteiger partial charge in [0, 0.05) is 0 Å². The Morgan fingerprint density at radius 2 is 2.33 bits per heavy atom. The Morgan fingerprint density at radius 3 is 2.56 bits per heavy atom. The fraction of sp³-hybridized carbons (Fsp3) is 0. The molecule has 0 aromatic carbocycles. The Balaban J connectivity index is 2.98. The molecule has 1 atom stereocenters. The smallest absolute Gasteiger partial charge is 0.196 e. The lowest BCUT2D eigenvalue weighted by Crippen LogP contribution is -1.80. The molecule has 3 nitrogen and oxygen atoms in total. The lowest BCUT2D eigenvalue weighted by atomic mass is 10.6. The van der Waals surface area contributed by atoms with Gasteiger partial charge in [-0.1, -0.05) is 0 Å². The van der Waals surface area contributed by atoms with Gasteiger partial charge < -0.3 is 10.3 Å². The fourth-order valence-corrected chi connectivity index (χ4v) is 1.69. The maximum Gasteiger partial charge on any atom is 0.196 e. The monoisotopic (exact) mass is 163 g/mol. The Kier molecular flexibility index (Phi) is 1.84. The number of hydrogen-bond donors (Lipinski definition) is 2. The molecular weight excluding hydrogens is 158 g/mol. The molecule has 1 heterocycles.